The summed E-state index contributed by atoms with van der Waals surface area (Å²) in [6.07, 6.45) is 0. The Morgan fingerprint density at radius 2 is 2.19 bits per heavy atom. The maximum absolute atomic E-state index is 11.0. The van der Waals surface area contributed by atoms with E-state index in [1.165, 1.54) is 23.9 Å². The summed E-state index contributed by atoms with van der Waals surface area (Å²) in [6.45, 7) is 0. The summed E-state index contributed by atoms with van der Waals surface area (Å²) in [5.41, 5.74) is 0.752. The molecule has 1 aromatic heterocycles. The smallest absolute Gasteiger partial charge is 0.356 e. The lowest BCUT2D eigenvalue weighted by molar-refractivity contribution is 0.0686. The molecule has 6 nitrogen and oxygen atoms in total. The Balaban J connectivity index is 2.60. The first-order valence-corrected chi connectivity index (χ1v) is 4.52. The molecule has 0 aliphatic rings. The van der Waals surface area contributed by atoms with Crippen LogP contribution < -0.4 is 0 Å². The summed E-state index contributed by atoms with van der Waals surface area (Å²) in [5, 5.41) is 25.7. The van der Waals surface area contributed by atoms with Crippen LogP contribution in [0.5, 0.6) is 5.75 Å². The summed E-state index contributed by atoms with van der Waals surface area (Å²) < 4.78 is 1.18. The quantitative estimate of drug-likeness (QED) is 0.782. The number of phenolic OH excluding ortho intramolecular Hbond substituents is 1. The van der Waals surface area contributed by atoms with Crippen LogP contribution in [0, 0.1) is 0 Å². The van der Waals surface area contributed by atoms with Crippen molar-refractivity contribution >= 4 is 5.97 Å². The summed E-state index contributed by atoms with van der Waals surface area (Å²) in [6, 6.07) is 6.22. The lowest BCUT2D eigenvalue weighted by Crippen LogP contribution is -2.06. The summed E-state index contributed by atoms with van der Waals surface area (Å²) in [7, 11) is 1.50. The molecule has 0 aliphatic carbocycles. The molecular weight excluding hydrogens is 210 g/mol. The number of phenols is 1. The number of aromatic carboxylic acids is 1. The molecule has 0 aliphatic heterocycles. The largest absolute Gasteiger partial charge is 0.508 e. The predicted octanol–water partition coefficient (Wildman–Crippen LogP) is 0.886. The van der Waals surface area contributed by atoms with Crippen LogP contribution in [-0.2, 0) is 7.05 Å². The normalized spacial score (nSPS) is 10.3. The number of carboxylic acid groups (broad SMARTS) is 1. The second-order valence-electron chi connectivity index (χ2n) is 3.27. The molecule has 0 saturated carbocycles. The minimum atomic E-state index is -1.11. The van der Waals surface area contributed by atoms with Crippen LogP contribution >= 0.6 is 0 Å². The number of carboxylic acids is 1. The van der Waals surface area contributed by atoms with E-state index in [1.807, 2.05) is 0 Å². The Hall–Kier alpha value is -2.37. The Morgan fingerprint density at radius 1 is 1.44 bits per heavy atom. The van der Waals surface area contributed by atoms with E-state index in [0.29, 0.717) is 5.56 Å². The molecule has 16 heavy (non-hydrogen) atoms. The third kappa shape index (κ3) is 1.60. The van der Waals surface area contributed by atoms with Crippen molar-refractivity contribution in [3.63, 3.8) is 0 Å². The van der Waals surface area contributed by atoms with Crippen LogP contribution in [0.2, 0.25) is 0 Å². The van der Waals surface area contributed by atoms with Crippen molar-refractivity contribution in [1.29, 1.82) is 0 Å². The Morgan fingerprint density at radius 3 is 2.81 bits per heavy atom. The van der Waals surface area contributed by atoms with Gasteiger partial charge in [-0.25, -0.2) is 9.48 Å². The average Bonchev–Trinajstić information content (AvgIpc) is 2.60. The van der Waals surface area contributed by atoms with E-state index in [9.17, 15) is 9.90 Å². The first kappa shape index (κ1) is 10.2. The molecular formula is C10H9N3O3. The standard InChI is InChI=1S/C10H9N3O3/c1-13-9(10(15)16)8(11-12-13)6-3-2-4-7(14)5-6/h2-5,14H,1H3,(H,15,16). The highest BCUT2D eigenvalue weighted by atomic mass is 16.4. The van der Waals surface area contributed by atoms with Crippen LogP contribution in [0.15, 0.2) is 24.3 Å². The fourth-order valence-corrected chi connectivity index (χ4v) is 1.44. The highest BCUT2D eigenvalue weighted by molar-refractivity contribution is 5.92. The molecule has 0 bridgehead atoms. The second kappa shape index (κ2) is 3.65. The van der Waals surface area contributed by atoms with Crippen molar-refractivity contribution in [3.05, 3.63) is 30.0 Å². The monoisotopic (exact) mass is 219 g/mol. The lowest BCUT2D eigenvalue weighted by atomic mass is 10.1. The van der Waals surface area contributed by atoms with Gasteiger partial charge in [-0.2, -0.15) is 0 Å². The average molecular weight is 219 g/mol. The van der Waals surface area contributed by atoms with Gasteiger partial charge in [-0.3, -0.25) is 0 Å². The number of rotatable bonds is 2. The molecule has 82 valence electrons. The van der Waals surface area contributed by atoms with Crippen molar-refractivity contribution in [2.45, 2.75) is 0 Å². The van der Waals surface area contributed by atoms with Gasteiger partial charge in [-0.1, -0.05) is 17.3 Å². The minimum Gasteiger partial charge on any atom is -0.508 e. The van der Waals surface area contributed by atoms with E-state index in [0.717, 1.165) is 0 Å². The summed E-state index contributed by atoms with van der Waals surface area (Å²) in [5.74, 6) is -1.05. The first-order valence-electron chi connectivity index (χ1n) is 4.52. The summed E-state index contributed by atoms with van der Waals surface area (Å²) >= 11 is 0. The molecule has 2 aromatic rings. The third-order valence-corrected chi connectivity index (χ3v) is 2.15. The number of benzene rings is 1. The van der Waals surface area contributed by atoms with Crippen molar-refractivity contribution < 1.29 is 15.0 Å². The number of aromatic hydroxyl groups is 1. The van der Waals surface area contributed by atoms with Gasteiger partial charge >= 0.3 is 5.97 Å². The van der Waals surface area contributed by atoms with E-state index in [2.05, 4.69) is 10.3 Å². The van der Waals surface area contributed by atoms with Gasteiger partial charge < -0.3 is 10.2 Å². The lowest BCUT2D eigenvalue weighted by Gasteiger charge is -2.00. The van der Waals surface area contributed by atoms with Gasteiger partial charge in [0.25, 0.3) is 0 Å². The molecule has 1 heterocycles. The zero-order valence-corrected chi connectivity index (χ0v) is 8.45. The van der Waals surface area contributed by atoms with E-state index in [-0.39, 0.29) is 17.1 Å². The molecule has 0 atom stereocenters. The number of aromatic nitrogens is 3. The zero-order chi connectivity index (χ0) is 11.7. The number of hydrogen-bond donors (Lipinski definition) is 2. The van der Waals surface area contributed by atoms with Crippen molar-refractivity contribution in [1.82, 2.24) is 15.0 Å². The Kier molecular flexibility index (Phi) is 2.32. The molecule has 0 radical (unpaired) electrons. The highest BCUT2D eigenvalue weighted by Crippen LogP contribution is 2.23. The van der Waals surface area contributed by atoms with Gasteiger partial charge in [0.2, 0.25) is 0 Å². The van der Waals surface area contributed by atoms with Crippen LogP contribution in [0.1, 0.15) is 10.5 Å². The minimum absolute atomic E-state index is 0.00870. The maximum Gasteiger partial charge on any atom is 0.356 e. The molecule has 0 saturated heterocycles. The van der Waals surface area contributed by atoms with Gasteiger partial charge in [0, 0.05) is 12.6 Å². The number of aryl methyl sites for hydroxylation is 1. The van der Waals surface area contributed by atoms with Crippen LogP contribution in [0.4, 0.5) is 0 Å². The van der Waals surface area contributed by atoms with Crippen LogP contribution in [-0.4, -0.2) is 31.2 Å². The number of nitrogens with zero attached hydrogens (tertiary/aromatic N) is 3. The topological polar surface area (TPSA) is 88.2 Å². The van der Waals surface area contributed by atoms with Crippen LogP contribution in [0.25, 0.3) is 11.3 Å². The predicted molar refractivity (Wildman–Crippen MR) is 55.1 cm³/mol. The highest BCUT2D eigenvalue weighted by Gasteiger charge is 2.19. The van der Waals surface area contributed by atoms with Gasteiger partial charge in [-0.05, 0) is 12.1 Å². The maximum atomic E-state index is 11.0. The summed E-state index contributed by atoms with van der Waals surface area (Å²) in [4.78, 5) is 11.0. The van der Waals surface area contributed by atoms with E-state index in [1.54, 1.807) is 12.1 Å². The number of carbonyl (C=O) groups is 1. The van der Waals surface area contributed by atoms with E-state index >= 15 is 0 Å². The fraction of sp³-hybridized carbons (Fsp3) is 0.100. The molecule has 0 amide bonds. The first-order chi connectivity index (χ1) is 7.59. The third-order valence-electron chi connectivity index (χ3n) is 2.15. The van der Waals surface area contributed by atoms with Crippen molar-refractivity contribution in [3.8, 4) is 17.0 Å². The van der Waals surface area contributed by atoms with E-state index in [4.69, 9.17) is 5.11 Å². The molecule has 6 heteroatoms. The van der Waals surface area contributed by atoms with Gasteiger partial charge in [-0.15, -0.1) is 5.10 Å². The SMILES string of the molecule is Cn1nnc(-c2cccc(O)c2)c1C(=O)O. The molecule has 2 N–H and O–H groups in total. The Labute approximate surface area is 90.8 Å². The van der Waals surface area contributed by atoms with Crippen molar-refractivity contribution in [2.24, 2.45) is 7.05 Å². The second-order valence-corrected chi connectivity index (χ2v) is 3.27. The molecule has 0 spiro atoms. The van der Waals surface area contributed by atoms with Crippen LogP contribution in [0.3, 0.4) is 0 Å². The molecule has 0 fully saturated rings. The Bertz CT molecular complexity index is 548. The van der Waals surface area contributed by atoms with Gasteiger partial charge in [0.05, 0.1) is 0 Å². The zero-order valence-electron chi connectivity index (χ0n) is 8.45. The van der Waals surface area contributed by atoms with Gasteiger partial charge in [0.15, 0.2) is 5.69 Å². The fourth-order valence-electron chi connectivity index (χ4n) is 1.44. The van der Waals surface area contributed by atoms with E-state index < -0.39 is 5.97 Å². The van der Waals surface area contributed by atoms with Gasteiger partial charge in [0.1, 0.15) is 11.4 Å². The molecule has 0 unspecified atom stereocenters. The number of hydrogen-bond acceptors (Lipinski definition) is 4. The van der Waals surface area contributed by atoms with Crippen molar-refractivity contribution in [2.75, 3.05) is 0 Å². The molecule has 1 aromatic carbocycles. The molecule has 2 rings (SSSR count).